The molecule has 1 amide bonds. The van der Waals surface area contributed by atoms with Crippen LogP contribution >= 0.6 is 23.1 Å². The van der Waals surface area contributed by atoms with Gasteiger partial charge in [0.15, 0.2) is 0 Å². The Morgan fingerprint density at radius 2 is 2.00 bits per heavy atom. The number of benzene rings is 1. The third-order valence-corrected chi connectivity index (χ3v) is 6.37. The normalized spacial score (nSPS) is 13.5. The first-order chi connectivity index (χ1) is 11.1. The number of unbranched alkanes of at least 4 members (excludes halogenated alkanes) is 1. The van der Waals surface area contributed by atoms with E-state index in [1.165, 1.54) is 27.8 Å². The topological polar surface area (TPSA) is 49.3 Å². The van der Waals surface area contributed by atoms with Crippen molar-refractivity contribution in [2.24, 2.45) is 0 Å². The van der Waals surface area contributed by atoms with Crippen LogP contribution in [-0.4, -0.2) is 22.1 Å². The number of hydrogen-bond acceptors (Lipinski definition) is 4. The van der Waals surface area contributed by atoms with E-state index >= 15 is 0 Å². The van der Waals surface area contributed by atoms with E-state index in [9.17, 15) is 4.79 Å². The molecule has 1 unspecified atom stereocenters. The first kappa shape index (κ1) is 18.0. The molecule has 5 heteroatoms. The molecule has 124 valence electrons. The lowest BCUT2D eigenvalue weighted by molar-refractivity contribution is -0.131. The molecule has 2 rings (SSSR count). The summed E-state index contributed by atoms with van der Waals surface area (Å²) in [6.07, 6.45) is 5.66. The Morgan fingerprint density at radius 3 is 2.57 bits per heavy atom. The second-order valence-corrected chi connectivity index (χ2v) is 8.01. The van der Waals surface area contributed by atoms with Gasteiger partial charge in [-0.05, 0) is 55.0 Å². The second-order valence-electron chi connectivity index (χ2n) is 5.76. The first-order valence-electron chi connectivity index (χ1n) is 7.71. The number of amides is 1. The highest BCUT2D eigenvalue weighted by molar-refractivity contribution is 8.00. The van der Waals surface area contributed by atoms with Crippen LogP contribution in [-0.2, 0) is 11.2 Å². The van der Waals surface area contributed by atoms with Crippen molar-refractivity contribution in [1.82, 2.24) is 5.48 Å². The van der Waals surface area contributed by atoms with Gasteiger partial charge in [0.2, 0.25) is 0 Å². The minimum absolute atomic E-state index is 0.315. The number of carbonyl (C=O) groups excluding carboxylic acids is 1. The summed E-state index contributed by atoms with van der Waals surface area (Å²) < 4.78 is -0.558. The van der Waals surface area contributed by atoms with Crippen LogP contribution in [0, 0.1) is 0 Å². The van der Waals surface area contributed by atoms with E-state index in [-0.39, 0.29) is 5.91 Å². The van der Waals surface area contributed by atoms with Gasteiger partial charge in [-0.2, -0.15) is 0 Å². The Labute approximate surface area is 146 Å². The summed E-state index contributed by atoms with van der Waals surface area (Å²) in [7, 11) is 0. The molecule has 0 saturated heterocycles. The molecule has 2 aromatic rings. The molecule has 1 atom stereocenters. The zero-order valence-corrected chi connectivity index (χ0v) is 15.2. The number of hydroxylamine groups is 1. The summed E-state index contributed by atoms with van der Waals surface area (Å²) in [5.74, 6) is -0.315. The van der Waals surface area contributed by atoms with Crippen LogP contribution in [0.15, 0.2) is 41.8 Å². The molecular weight excluding hydrogens is 326 g/mol. The van der Waals surface area contributed by atoms with Gasteiger partial charge in [0, 0.05) is 4.88 Å². The predicted octanol–water partition coefficient (Wildman–Crippen LogP) is 4.76. The van der Waals surface area contributed by atoms with E-state index in [1.807, 2.05) is 13.2 Å². The minimum atomic E-state index is -0.558. The van der Waals surface area contributed by atoms with E-state index in [4.69, 9.17) is 5.21 Å². The molecule has 1 aromatic carbocycles. The van der Waals surface area contributed by atoms with E-state index in [2.05, 4.69) is 41.8 Å². The van der Waals surface area contributed by atoms with E-state index in [1.54, 1.807) is 16.8 Å². The van der Waals surface area contributed by atoms with Gasteiger partial charge in [0.1, 0.15) is 0 Å². The zero-order chi connectivity index (χ0) is 16.7. The fourth-order valence-corrected chi connectivity index (χ4v) is 3.81. The molecule has 0 spiro atoms. The molecule has 2 N–H and O–H groups in total. The molecule has 0 fully saturated rings. The molecule has 0 aliphatic rings. The maximum Gasteiger partial charge on any atom is 0.259 e. The number of thiophene rings is 1. The van der Waals surface area contributed by atoms with Gasteiger partial charge in [-0.1, -0.05) is 36.8 Å². The number of aryl methyl sites for hydroxylation is 1. The lowest BCUT2D eigenvalue weighted by Gasteiger charge is -2.24. The van der Waals surface area contributed by atoms with Crippen LogP contribution in [0.4, 0.5) is 0 Å². The highest BCUT2D eigenvalue weighted by atomic mass is 32.2. The lowest BCUT2D eigenvalue weighted by atomic mass is 9.99. The minimum Gasteiger partial charge on any atom is -0.289 e. The van der Waals surface area contributed by atoms with Gasteiger partial charge < -0.3 is 0 Å². The molecule has 1 heterocycles. The van der Waals surface area contributed by atoms with Gasteiger partial charge in [0.25, 0.3) is 5.91 Å². The summed E-state index contributed by atoms with van der Waals surface area (Å²) in [5, 5.41) is 10.9. The van der Waals surface area contributed by atoms with Crippen molar-refractivity contribution in [3.05, 3.63) is 47.3 Å². The van der Waals surface area contributed by atoms with Crippen molar-refractivity contribution in [2.45, 2.75) is 37.4 Å². The summed E-state index contributed by atoms with van der Waals surface area (Å²) >= 11 is 3.23. The first-order valence-corrected chi connectivity index (χ1v) is 9.82. The molecular formula is C18H23NO2S2. The monoisotopic (exact) mass is 349 g/mol. The van der Waals surface area contributed by atoms with Crippen LogP contribution in [0.25, 0.3) is 10.4 Å². The van der Waals surface area contributed by atoms with Crippen LogP contribution in [0.3, 0.4) is 0 Å². The Balaban J connectivity index is 1.81. The predicted molar refractivity (Wildman–Crippen MR) is 99.2 cm³/mol. The van der Waals surface area contributed by atoms with E-state index in [0.29, 0.717) is 0 Å². The lowest BCUT2D eigenvalue weighted by Crippen LogP contribution is -2.40. The summed E-state index contributed by atoms with van der Waals surface area (Å²) in [4.78, 5) is 13.0. The van der Waals surface area contributed by atoms with Gasteiger partial charge in [0.05, 0.1) is 4.75 Å². The number of nitrogens with one attached hydrogen (secondary N) is 1. The average Bonchev–Trinajstić information content (AvgIpc) is 3.13. The number of hydrogen-bond donors (Lipinski definition) is 2. The molecule has 0 radical (unpaired) electrons. The van der Waals surface area contributed by atoms with Crippen molar-refractivity contribution in [3.8, 4) is 10.4 Å². The van der Waals surface area contributed by atoms with E-state index < -0.39 is 4.75 Å². The Bertz CT molecular complexity index is 610. The van der Waals surface area contributed by atoms with Crippen LogP contribution in [0.1, 0.15) is 31.7 Å². The molecule has 0 bridgehead atoms. The number of rotatable bonds is 8. The maximum atomic E-state index is 11.7. The zero-order valence-electron chi connectivity index (χ0n) is 13.5. The summed E-state index contributed by atoms with van der Waals surface area (Å²) in [6.45, 7) is 1.87. The maximum absolute atomic E-state index is 11.7. The second kappa shape index (κ2) is 8.52. The van der Waals surface area contributed by atoms with Crippen LogP contribution < -0.4 is 5.48 Å². The Morgan fingerprint density at radius 1 is 1.26 bits per heavy atom. The quantitative estimate of drug-likeness (QED) is 0.410. The molecule has 23 heavy (non-hydrogen) atoms. The van der Waals surface area contributed by atoms with Gasteiger partial charge in [-0.15, -0.1) is 23.1 Å². The fourth-order valence-electron chi connectivity index (χ4n) is 2.50. The molecule has 0 aliphatic carbocycles. The van der Waals surface area contributed by atoms with Gasteiger partial charge in [-0.25, -0.2) is 5.48 Å². The Hall–Kier alpha value is -1.30. The largest absolute Gasteiger partial charge is 0.289 e. The van der Waals surface area contributed by atoms with Gasteiger partial charge in [-0.3, -0.25) is 10.0 Å². The van der Waals surface area contributed by atoms with Crippen LogP contribution in [0.5, 0.6) is 0 Å². The third-order valence-electron chi connectivity index (χ3n) is 4.16. The standard InChI is InChI=1S/C18H23NO2S2/c1-18(22-2,17(20)19-21)12-4-3-6-14-8-10-15(11-9-14)16-7-5-13-23-16/h5,7-11,13,21H,3-4,6,12H2,1-2H3,(H,19,20). The number of thioether (sulfide) groups is 1. The smallest absolute Gasteiger partial charge is 0.259 e. The van der Waals surface area contributed by atoms with Crippen molar-refractivity contribution >= 4 is 29.0 Å². The fraction of sp³-hybridized carbons (Fsp3) is 0.389. The summed E-state index contributed by atoms with van der Waals surface area (Å²) in [6, 6.07) is 12.9. The molecule has 0 aliphatic heterocycles. The van der Waals surface area contributed by atoms with Crippen molar-refractivity contribution in [2.75, 3.05) is 6.26 Å². The van der Waals surface area contributed by atoms with Crippen LogP contribution in [0.2, 0.25) is 0 Å². The van der Waals surface area contributed by atoms with Crippen molar-refractivity contribution < 1.29 is 10.0 Å². The summed E-state index contributed by atoms with van der Waals surface area (Å²) in [5.41, 5.74) is 4.36. The van der Waals surface area contributed by atoms with Gasteiger partial charge >= 0.3 is 0 Å². The van der Waals surface area contributed by atoms with Crippen molar-refractivity contribution in [3.63, 3.8) is 0 Å². The van der Waals surface area contributed by atoms with Crippen molar-refractivity contribution in [1.29, 1.82) is 0 Å². The molecule has 0 saturated carbocycles. The highest BCUT2D eigenvalue weighted by Crippen LogP contribution is 2.29. The SMILES string of the molecule is CSC(C)(CCCCc1ccc(-c2cccs2)cc1)C(=O)NO. The highest BCUT2D eigenvalue weighted by Gasteiger charge is 2.31. The molecule has 1 aromatic heterocycles. The van der Waals surface area contributed by atoms with E-state index in [0.717, 1.165) is 25.7 Å². The third kappa shape index (κ3) is 4.83. The molecule has 3 nitrogen and oxygen atoms in total. The average molecular weight is 350 g/mol. The Kier molecular flexibility index (Phi) is 6.69. The number of carbonyl (C=O) groups is 1.